The predicted octanol–water partition coefficient (Wildman–Crippen LogP) is 3.77. The van der Waals surface area contributed by atoms with Crippen LogP contribution in [0.2, 0.25) is 0 Å². The first-order valence-corrected chi connectivity index (χ1v) is 7.48. The average molecular weight is 306 g/mol. The molecule has 1 atom stereocenters. The molecular weight excluding hydrogens is 288 g/mol. The summed E-state index contributed by atoms with van der Waals surface area (Å²) in [6, 6.07) is 16.8. The summed E-state index contributed by atoms with van der Waals surface area (Å²) in [5.41, 5.74) is 1.75. The highest BCUT2D eigenvalue weighted by Crippen LogP contribution is 2.29. The number of nitrogens with zero attached hydrogens (tertiary/aromatic N) is 2. The van der Waals surface area contributed by atoms with Crippen molar-refractivity contribution in [2.45, 2.75) is 13.0 Å². The highest BCUT2D eigenvalue weighted by atomic mass is 16.3. The maximum Gasteiger partial charge on any atom is 0.257 e. The van der Waals surface area contributed by atoms with Crippen LogP contribution in [0.15, 0.2) is 60.8 Å². The second-order valence-electron chi connectivity index (χ2n) is 5.54. The zero-order valence-corrected chi connectivity index (χ0v) is 13.1. The second-order valence-corrected chi connectivity index (χ2v) is 5.54. The van der Waals surface area contributed by atoms with Crippen molar-refractivity contribution in [1.82, 2.24) is 9.88 Å². The molecule has 23 heavy (non-hydrogen) atoms. The van der Waals surface area contributed by atoms with Crippen molar-refractivity contribution in [1.29, 1.82) is 0 Å². The number of carbonyl (C=O) groups is 1. The third-order valence-corrected chi connectivity index (χ3v) is 4.16. The van der Waals surface area contributed by atoms with E-state index in [0.717, 1.165) is 10.9 Å². The van der Waals surface area contributed by atoms with Gasteiger partial charge in [-0.15, -0.1) is 0 Å². The van der Waals surface area contributed by atoms with Gasteiger partial charge in [0.1, 0.15) is 5.52 Å². The lowest BCUT2D eigenvalue weighted by molar-refractivity contribution is 0.0740. The molecule has 0 bridgehead atoms. The van der Waals surface area contributed by atoms with Crippen molar-refractivity contribution in [3.8, 4) is 5.75 Å². The Bertz CT molecular complexity index is 846. The van der Waals surface area contributed by atoms with E-state index in [0.29, 0.717) is 5.52 Å². The second kappa shape index (κ2) is 6.08. The van der Waals surface area contributed by atoms with Crippen LogP contribution in [-0.2, 0) is 0 Å². The van der Waals surface area contributed by atoms with E-state index in [2.05, 4.69) is 4.98 Å². The van der Waals surface area contributed by atoms with E-state index in [1.54, 1.807) is 36.3 Å². The number of phenolic OH excluding ortho intramolecular Hbond substituents is 1. The normalized spacial score (nSPS) is 12.1. The molecule has 0 saturated carbocycles. The lowest BCUT2D eigenvalue weighted by atomic mass is 10.0. The molecule has 0 aliphatic carbocycles. The molecule has 2 aromatic carbocycles. The van der Waals surface area contributed by atoms with E-state index in [4.69, 9.17) is 0 Å². The van der Waals surface area contributed by atoms with Gasteiger partial charge in [-0.1, -0.05) is 42.5 Å². The monoisotopic (exact) mass is 306 g/mol. The van der Waals surface area contributed by atoms with Crippen LogP contribution >= 0.6 is 0 Å². The fourth-order valence-corrected chi connectivity index (χ4v) is 2.62. The van der Waals surface area contributed by atoms with Gasteiger partial charge in [-0.05, 0) is 24.6 Å². The van der Waals surface area contributed by atoms with Crippen molar-refractivity contribution in [2.24, 2.45) is 0 Å². The highest BCUT2D eigenvalue weighted by Gasteiger charge is 2.22. The molecule has 1 amide bonds. The molecule has 4 nitrogen and oxygen atoms in total. The van der Waals surface area contributed by atoms with E-state index in [-0.39, 0.29) is 23.3 Å². The van der Waals surface area contributed by atoms with Crippen LogP contribution in [0.1, 0.15) is 28.9 Å². The standard InChI is InChI=1S/C19H18N2O2/c1-13(14-7-4-3-5-8-14)21(2)19(23)16-11-10-15-9-6-12-20-17(15)18(16)22/h3-13,22H,1-2H3. The number of hydrogen-bond donors (Lipinski definition) is 1. The zero-order valence-electron chi connectivity index (χ0n) is 13.1. The Balaban J connectivity index is 1.95. The molecule has 1 heterocycles. The molecule has 3 rings (SSSR count). The molecule has 4 heteroatoms. The molecule has 1 aromatic heterocycles. The van der Waals surface area contributed by atoms with Crippen molar-refractivity contribution in [3.05, 3.63) is 71.9 Å². The van der Waals surface area contributed by atoms with Gasteiger partial charge in [0.15, 0.2) is 5.75 Å². The summed E-state index contributed by atoms with van der Waals surface area (Å²) in [5, 5.41) is 11.2. The Kier molecular flexibility index (Phi) is 3.98. The molecule has 0 aliphatic heterocycles. The van der Waals surface area contributed by atoms with Gasteiger partial charge in [0.25, 0.3) is 5.91 Å². The number of fused-ring (bicyclic) bond motifs is 1. The first kappa shape index (κ1) is 15.0. The molecule has 0 aliphatic rings. The Morgan fingerprint density at radius 3 is 2.57 bits per heavy atom. The molecule has 1 unspecified atom stereocenters. The first-order valence-electron chi connectivity index (χ1n) is 7.48. The molecule has 0 spiro atoms. The summed E-state index contributed by atoms with van der Waals surface area (Å²) >= 11 is 0. The Labute approximate surface area is 135 Å². The molecule has 0 saturated heterocycles. The number of aromatic hydroxyl groups is 1. The number of hydrogen-bond acceptors (Lipinski definition) is 3. The van der Waals surface area contributed by atoms with Crippen molar-refractivity contribution in [2.75, 3.05) is 7.05 Å². The van der Waals surface area contributed by atoms with E-state index in [1.165, 1.54) is 0 Å². The van der Waals surface area contributed by atoms with Gasteiger partial charge < -0.3 is 10.0 Å². The van der Waals surface area contributed by atoms with E-state index >= 15 is 0 Å². The topological polar surface area (TPSA) is 53.4 Å². The van der Waals surface area contributed by atoms with Crippen LogP contribution in [0.3, 0.4) is 0 Å². The summed E-state index contributed by atoms with van der Waals surface area (Å²) in [7, 11) is 1.74. The number of rotatable bonds is 3. The Morgan fingerprint density at radius 1 is 1.09 bits per heavy atom. The minimum atomic E-state index is -0.230. The van der Waals surface area contributed by atoms with Gasteiger partial charge in [0.2, 0.25) is 0 Å². The summed E-state index contributed by atoms with van der Waals surface area (Å²) in [5.74, 6) is -0.299. The third-order valence-electron chi connectivity index (χ3n) is 4.16. The lowest BCUT2D eigenvalue weighted by Crippen LogP contribution is -2.29. The molecule has 0 radical (unpaired) electrons. The number of amides is 1. The molecule has 116 valence electrons. The van der Waals surface area contributed by atoms with Gasteiger partial charge in [0, 0.05) is 18.6 Å². The average Bonchev–Trinajstić information content (AvgIpc) is 2.61. The minimum Gasteiger partial charge on any atom is -0.505 e. The number of phenols is 1. The Morgan fingerprint density at radius 2 is 1.83 bits per heavy atom. The van der Waals surface area contributed by atoms with Crippen LogP contribution in [0.25, 0.3) is 10.9 Å². The van der Waals surface area contributed by atoms with Gasteiger partial charge in [-0.25, -0.2) is 0 Å². The zero-order chi connectivity index (χ0) is 16.4. The Hall–Kier alpha value is -2.88. The van der Waals surface area contributed by atoms with E-state index < -0.39 is 0 Å². The van der Waals surface area contributed by atoms with E-state index in [1.807, 2.05) is 43.3 Å². The molecule has 1 N–H and O–H groups in total. The molecular formula is C19H18N2O2. The van der Waals surface area contributed by atoms with Gasteiger partial charge in [0.05, 0.1) is 11.6 Å². The van der Waals surface area contributed by atoms with Crippen molar-refractivity contribution < 1.29 is 9.90 Å². The van der Waals surface area contributed by atoms with Gasteiger partial charge in [-0.3, -0.25) is 9.78 Å². The number of carbonyl (C=O) groups excluding carboxylic acids is 1. The van der Waals surface area contributed by atoms with Crippen LogP contribution < -0.4 is 0 Å². The minimum absolute atomic E-state index is 0.0692. The van der Waals surface area contributed by atoms with Crippen LogP contribution in [0.4, 0.5) is 0 Å². The summed E-state index contributed by atoms with van der Waals surface area (Å²) in [4.78, 5) is 18.6. The van der Waals surface area contributed by atoms with Gasteiger partial charge >= 0.3 is 0 Å². The third kappa shape index (κ3) is 2.75. The molecule has 0 fully saturated rings. The maximum absolute atomic E-state index is 12.8. The van der Waals surface area contributed by atoms with Crippen LogP contribution in [0, 0.1) is 0 Å². The number of benzene rings is 2. The smallest absolute Gasteiger partial charge is 0.257 e. The van der Waals surface area contributed by atoms with Crippen LogP contribution in [0.5, 0.6) is 5.75 Å². The van der Waals surface area contributed by atoms with E-state index in [9.17, 15) is 9.90 Å². The quantitative estimate of drug-likeness (QED) is 0.801. The molecule has 3 aromatic rings. The maximum atomic E-state index is 12.8. The highest BCUT2D eigenvalue weighted by molar-refractivity contribution is 6.02. The first-order chi connectivity index (χ1) is 11.1. The number of aromatic nitrogens is 1. The lowest BCUT2D eigenvalue weighted by Gasteiger charge is -2.25. The van der Waals surface area contributed by atoms with Crippen LogP contribution in [-0.4, -0.2) is 27.9 Å². The summed E-state index contributed by atoms with van der Waals surface area (Å²) < 4.78 is 0. The largest absolute Gasteiger partial charge is 0.505 e. The van der Waals surface area contributed by atoms with Gasteiger partial charge in [-0.2, -0.15) is 0 Å². The summed E-state index contributed by atoms with van der Waals surface area (Å²) in [6.07, 6.45) is 1.60. The number of pyridine rings is 1. The fraction of sp³-hybridized carbons (Fsp3) is 0.158. The SMILES string of the molecule is CC(c1ccccc1)N(C)C(=O)c1ccc2cccnc2c1O. The fourth-order valence-electron chi connectivity index (χ4n) is 2.62. The predicted molar refractivity (Wildman–Crippen MR) is 90.4 cm³/mol. The van der Waals surface area contributed by atoms with Crippen molar-refractivity contribution in [3.63, 3.8) is 0 Å². The summed E-state index contributed by atoms with van der Waals surface area (Å²) in [6.45, 7) is 1.96. The van der Waals surface area contributed by atoms with Crippen molar-refractivity contribution >= 4 is 16.8 Å².